The van der Waals surface area contributed by atoms with Crippen molar-refractivity contribution in [3.05, 3.63) is 101 Å². The van der Waals surface area contributed by atoms with E-state index in [1.54, 1.807) is 12.3 Å². The Morgan fingerprint density at radius 2 is 1.79 bits per heavy atom. The van der Waals surface area contributed by atoms with Crippen molar-refractivity contribution in [2.45, 2.75) is 19.4 Å². The lowest BCUT2D eigenvalue weighted by atomic mass is 9.97. The van der Waals surface area contributed by atoms with Gasteiger partial charge in [-0.05, 0) is 83.2 Å². The lowest BCUT2D eigenvalue weighted by Gasteiger charge is -2.33. The maximum Gasteiger partial charge on any atom is 0.172 e. The zero-order valence-electron chi connectivity index (χ0n) is 21.5. The van der Waals surface area contributed by atoms with Gasteiger partial charge in [-0.2, -0.15) is 9.61 Å². The van der Waals surface area contributed by atoms with Crippen molar-refractivity contribution in [3.8, 4) is 28.5 Å². The fourth-order valence-electron chi connectivity index (χ4n) is 5.19. The number of halogens is 1. The molecule has 3 aromatic carbocycles. The van der Waals surface area contributed by atoms with E-state index in [0.717, 1.165) is 54.4 Å². The number of likely N-dealkylation sites (tertiary alicyclic amines) is 1. The van der Waals surface area contributed by atoms with E-state index in [-0.39, 0.29) is 5.75 Å². The molecule has 5 aromatic rings. The van der Waals surface area contributed by atoms with Crippen LogP contribution in [0.3, 0.4) is 0 Å². The van der Waals surface area contributed by atoms with E-state index in [0.29, 0.717) is 22.8 Å². The summed E-state index contributed by atoms with van der Waals surface area (Å²) in [6.07, 6.45) is 4.08. The van der Waals surface area contributed by atoms with Crippen LogP contribution in [-0.2, 0) is 6.54 Å². The van der Waals surface area contributed by atoms with Crippen LogP contribution in [0.5, 0.6) is 17.2 Å². The molecule has 2 aromatic heterocycles. The minimum Gasteiger partial charge on any atom is -0.507 e. The minimum absolute atomic E-state index is 0.206. The van der Waals surface area contributed by atoms with Gasteiger partial charge in [0.25, 0.3) is 0 Å². The topological polar surface area (TPSA) is 74.9 Å². The van der Waals surface area contributed by atoms with Crippen LogP contribution in [0.1, 0.15) is 18.4 Å². The number of fused-ring (bicyclic) bond motifs is 1. The fourth-order valence-corrected chi connectivity index (χ4v) is 5.54. The highest BCUT2D eigenvalue weighted by Crippen LogP contribution is 2.31. The average molecular weight is 585 g/mol. The second-order valence-corrected chi connectivity index (χ2v) is 10.8. The monoisotopic (exact) mass is 583 g/mol. The third-order valence-electron chi connectivity index (χ3n) is 7.07. The number of nitrogens with one attached hydrogen (secondary N) is 1. The first-order valence-electron chi connectivity index (χ1n) is 13.2. The standard InChI is InChI=1S/C31H30BrN5O2/c32-27-19-34-37-30(17-28(35-31(27)37)26-13-4-5-14-29(26)38)33-18-23-9-7-15-36(21-23)20-22-8-6-12-25(16-22)39-24-10-2-1-3-11-24/h1-6,8,10-14,16-17,19,23,33,38H,7,9,15,18,20-21H2. The largest absolute Gasteiger partial charge is 0.507 e. The Labute approximate surface area is 236 Å². The van der Waals surface area contributed by atoms with Crippen LogP contribution in [0.2, 0.25) is 0 Å². The van der Waals surface area contributed by atoms with Gasteiger partial charge in [0.05, 0.1) is 16.4 Å². The molecule has 0 spiro atoms. The smallest absolute Gasteiger partial charge is 0.172 e. The van der Waals surface area contributed by atoms with Gasteiger partial charge in [0.2, 0.25) is 0 Å². The molecule has 39 heavy (non-hydrogen) atoms. The molecule has 3 heterocycles. The van der Waals surface area contributed by atoms with Crippen LogP contribution < -0.4 is 10.1 Å². The van der Waals surface area contributed by atoms with E-state index in [9.17, 15) is 5.11 Å². The number of phenols is 1. The van der Waals surface area contributed by atoms with E-state index in [2.05, 4.69) is 49.4 Å². The highest BCUT2D eigenvalue weighted by molar-refractivity contribution is 9.10. The van der Waals surface area contributed by atoms with E-state index in [1.807, 2.05) is 65.2 Å². The Morgan fingerprint density at radius 3 is 2.67 bits per heavy atom. The quantitative estimate of drug-likeness (QED) is 0.205. The maximum absolute atomic E-state index is 10.4. The van der Waals surface area contributed by atoms with Gasteiger partial charge in [0.15, 0.2) is 5.65 Å². The molecular weight excluding hydrogens is 554 g/mol. The molecule has 7 nitrogen and oxygen atoms in total. The number of aromatic hydroxyl groups is 1. The molecule has 1 fully saturated rings. The Bertz CT molecular complexity index is 1570. The molecule has 1 atom stereocenters. The number of piperidine rings is 1. The predicted octanol–water partition coefficient (Wildman–Crippen LogP) is 6.98. The molecule has 198 valence electrons. The summed E-state index contributed by atoms with van der Waals surface area (Å²) in [6, 6.07) is 27.5. The Balaban J connectivity index is 1.13. The van der Waals surface area contributed by atoms with Crippen LogP contribution in [0.4, 0.5) is 5.82 Å². The number of nitrogens with zero attached hydrogens (tertiary/aromatic N) is 4. The third kappa shape index (κ3) is 5.92. The SMILES string of the molecule is Oc1ccccc1-c1cc(NCC2CCCN(Cc3cccc(Oc4ccccc4)c3)C2)n2ncc(Br)c2n1. The molecular formula is C31H30BrN5O2. The van der Waals surface area contributed by atoms with Crippen molar-refractivity contribution < 1.29 is 9.84 Å². The second kappa shape index (κ2) is 11.5. The van der Waals surface area contributed by atoms with Gasteiger partial charge in [-0.15, -0.1) is 0 Å². The van der Waals surface area contributed by atoms with Crippen LogP contribution in [0.25, 0.3) is 16.9 Å². The van der Waals surface area contributed by atoms with E-state index < -0.39 is 0 Å². The number of ether oxygens (including phenoxy) is 1. The number of aromatic nitrogens is 3. The minimum atomic E-state index is 0.206. The van der Waals surface area contributed by atoms with Crippen LogP contribution in [0.15, 0.2) is 95.6 Å². The zero-order chi connectivity index (χ0) is 26.6. The molecule has 1 aliphatic heterocycles. The summed E-state index contributed by atoms with van der Waals surface area (Å²) in [5, 5.41) is 18.6. The molecule has 1 saturated heterocycles. The number of phenolic OH excluding ortho intramolecular Hbond substituents is 1. The highest BCUT2D eigenvalue weighted by Gasteiger charge is 2.21. The van der Waals surface area contributed by atoms with Crippen molar-refractivity contribution in [1.29, 1.82) is 0 Å². The van der Waals surface area contributed by atoms with Crippen molar-refractivity contribution in [3.63, 3.8) is 0 Å². The normalized spacial score (nSPS) is 15.9. The molecule has 1 unspecified atom stereocenters. The summed E-state index contributed by atoms with van der Waals surface area (Å²) < 4.78 is 8.66. The number of rotatable bonds is 8. The summed E-state index contributed by atoms with van der Waals surface area (Å²) >= 11 is 3.57. The van der Waals surface area contributed by atoms with Gasteiger partial charge in [-0.3, -0.25) is 4.90 Å². The summed E-state index contributed by atoms with van der Waals surface area (Å²) in [5.74, 6) is 3.27. The Morgan fingerprint density at radius 1 is 0.974 bits per heavy atom. The molecule has 2 N–H and O–H groups in total. The summed E-state index contributed by atoms with van der Waals surface area (Å²) in [7, 11) is 0. The molecule has 0 bridgehead atoms. The molecule has 6 rings (SSSR count). The second-order valence-electron chi connectivity index (χ2n) is 9.96. The van der Waals surface area contributed by atoms with Crippen molar-refractivity contribution in [1.82, 2.24) is 19.5 Å². The average Bonchev–Trinajstić information content (AvgIpc) is 3.33. The molecule has 0 amide bonds. The van der Waals surface area contributed by atoms with E-state index in [1.165, 1.54) is 12.0 Å². The zero-order valence-corrected chi connectivity index (χ0v) is 23.1. The fraction of sp³-hybridized carbons (Fsp3) is 0.226. The molecule has 0 aliphatic carbocycles. The lowest BCUT2D eigenvalue weighted by molar-refractivity contribution is 0.173. The molecule has 1 aliphatic rings. The van der Waals surface area contributed by atoms with Gasteiger partial charge in [0.1, 0.15) is 23.1 Å². The number of benzene rings is 3. The van der Waals surface area contributed by atoms with Gasteiger partial charge >= 0.3 is 0 Å². The summed E-state index contributed by atoms with van der Waals surface area (Å²) in [4.78, 5) is 7.27. The van der Waals surface area contributed by atoms with E-state index >= 15 is 0 Å². The van der Waals surface area contributed by atoms with Gasteiger partial charge in [-0.1, -0.05) is 42.5 Å². The summed E-state index contributed by atoms with van der Waals surface area (Å²) in [5.41, 5.74) is 3.35. The first-order valence-corrected chi connectivity index (χ1v) is 14.0. The first kappa shape index (κ1) is 25.4. The highest BCUT2D eigenvalue weighted by atomic mass is 79.9. The number of hydrogen-bond acceptors (Lipinski definition) is 6. The first-order chi connectivity index (χ1) is 19.1. The van der Waals surface area contributed by atoms with Crippen molar-refractivity contribution in [2.24, 2.45) is 5.92 Å². The maximum atomic E-state index is 10.4. The number of hydrogen-bond donors (Lipinski definition) is 2. The predicted molar refractivity (Wildman–Crippen MR) is 157 cm³/mol. The van der Waals surface area contributed by atoms with Crippen molar-refractivity contribution >= 4 is 27.4 Å². The Kier molecular flexibility index (Phi) is 7.47. The molecule has 8 heteroatoms. The summed E-state index contributed by atoms with van der Waals surface area (Å²) in [6.45, 7) is 3.82. The molecule has 0 radical (unpaired) electrons. The lowest BCUT2D eigenvalue weighted by Crippen LogP contribution is -2.37. The Hall–Kier alpha value is -3.88. The van der Waals surface area contributed by atoms with E-state index in [4.69, 9.17) is 9.72 Å². The van der Waals surface area contributed by atoms with Gasteiger partial charge < -0.3 is 15.2 Å². The number of anilines is 1. The van der Waals surface area contributed by atoms with Crippen LogP contribution >= 0.6 is 15.9 Å². The van der Waals surface area contributed by atoms with Gasteiger partial charge in [0, 0.05) is 31.3 Å². The van der Waals surface area contributed by atoms with Crippen molar-refractivity contribution in [2.75, 3.05) is 25.0 Å². The third-order valence-corrected chi connectivity index (χ3v) is 7.63. The number of para-hydroxylation sites is 2. The van der Waals surface area contributed by atoms with Crippen LogP contribution in [0, 0.1) is 5.92 Å². The van der Waals surface area contributed by atoms with Crippen LogP contribution in [-0.4, -0.2) is 44.2 Å². The molecule has 0 saturated carbocycles. The van der Waals surface area contributed by atoms with Gasteiger partial charge in [-0.25, -0.2) is 4.98 Å².